The van der Waals surface area contributed by atoms with E-state index in [1.165, 1.54) is 32.3 Å². The summed E-state index contributed by atoms with van der Waals surface area (Å²) < 4.78 is 1.63. The molecule has 2 heterocycles. The molecule has 0 unspecified atom stereocenters. The van der Waals surface area contributed by atoms with E-state index in [-0.39, 0.29) is 5.69 Å². The Balaban J connectivity index is 1.10. The van der Waals surface area contributed by atoms with Crippen LogP contribution in [0.3, 0.4) is 0 Å². The third-order valence-electron chi connectivity index (χ3n) is 9.81. The number of para-hydroxylation sites is 1. The Morgan fingerprint density at radius 3 is 1.43 bits per heavy atom. The minimum atomic E-state index is -0.342. The van der Waals surface area contributed by atoms with Gasteiger partial charge in [-0.05, 0) is 84.2 Å². The predicted molar refractivity (Wildman–Crippen MR) is 203 cm³/mol. The van der Waals surface area contributed by atoms with Gasteiger partial charge < -0.3 is 0 Å². The van der Waals surface area contributed by atoms with Crippen molar-refractivity contribution in [2.75, 3.05) is 0 Å². The van der Waals surface area contributed by atoms with Gasteiger partial charge in [0.25, 0.3) is 0 Å². The summed E-state index contributed by atoms with van der Waals surface area (Å²) in [6.07, 6.45) is 0. The highest BCUT2D eigenvalue weighted by molar-refractivity contribution is 6.25. The van der Waals surface area contributed by atoms with Gasteiger partial charge in [0.2, 0.25) is 0 Å². The van der Waals surface area contributed by atoms with Crippen molar-refractivity contribution in [2.24, 2.45) is 0 Å². The Morgan fingerprint density at radius 2 is 0.796 bits per heavy atom. The van der Waals surface area contributed by atoms with Crippen molar-refractivity contribution < 1.29 is 0 Å². The van der Waals surface area contributed by atoms with E-state index in [0.29, 0.717) is 11.5 Å². The van der Waals surface area contributed by atoms with Crippen molar-refractivity contribution in [1.29, 1.82) is 0 Å². The summed E-state index contributed by atoms with van der Waals surface area (Å²) >= 11 is 0. The SMILES string of the molecule is O=c1nc(-c2cccc(-c3cccc(-c4ccc5c6ccccc6c6ccccc6c5c4)c3)c2)nc2c3ccccc3c3ccccc3n12. The van der Waals surface area contributed by atoms with E-state index in [0.717, 1.165) is 49.5 Å². The maximum absolute atomic E-state index is 13.6. The highest BCUT2D eigenvalue weighted by Crippen LogP contribution is 2.38. The number of pyridine rings is 1. The molecule has 4 nitrogen and oxygen atoms in total. The fraction of sp³-hybridized carbons (Fsp3) is 0. The number of fused-ring (bicyclic) bond motifs is 12. The largest absolute Gasteiger partial charge is 0.355 e. The van der Waals surface area contributed by atoms with Gasteiger partial charge in [0.05, 0.1) is 5.52 Å². The zero-order chi connectivity index (χ0) is 32.5. The van der Waals surface area contributed by atoms with Gasteiger partial charge in [0.15, 0.2) is 11.5 Å². The Hall–Kier alpha value is -6.65. The number of nitrogens with zero attached hydrogens (tertiary/aromatic N) is 3. The molecule has 0 aliphatic rings. The minimum Gasteiger partial charge on any atom is -0.245 e. The van der Waals surface area contributed by atoms with Crippen molar-refractivity contribution in [3.8, 4) is 33.6 Å². The average Bonchev–Trinajstić information content (AvgIpc) is 3.18. The lowest BCUT2D eigenvalue weighted by atomic mass is 9.91. The van der Waals surface area contributed by atoms with E-state index < -0.39 is 0 Å². The molecule has 0 aliphatic heterocycles. The number of aromatic nitrogens is 3. The molecule has 10 aromatic rings. The van der Waals surface area contributed by atoms with E-state index in [1.54, 1.807) is 4.40 Å². The van der Waals surface area contributed by atoms with Crippen LogP contribution in [0.25, 0.3) is 93.3 Å². The Labute approximate surface area is 281 Å². The number of hydrogen-bond acceptors (Lipinski definition) is 3. The molecule has 49 heavy (non-hydrogen) atoms. The molecule has 2 aromatic heterocycles. The van der Waals surface area contributed by atoms with Crippen LogP contribution in [0, 0.1) is 0 Å². The predicted octanol–water partition coefficient (Wildman–Crippen LogP) is 10.9. The lowest BCUT2D eigenvalue weighted by Gasteiger charge is -2.13. The second-order valence-electron chi connectivity index (χ2n) is 12.6. The molecule has 228 valence electrons. The molecular formula is C45H27N3O. The van der Waals surface area contributed by atoms with Crippen molar-refractivity contribution in [3.05, 3.63) is 174 Å². The van der Waals surface area contributed by atoms with Crippen LogP contribution in [0.2, 0.25) is 0 Å². The maximum atomic E-state index is 13.6. The third kappa shape index (κ3) is 4.28. The third-order valence-corrected chi connectivity index (χ3v) is 9.81. The lowest BCUT2D eigenvalue weighted by Crippen LogP contribution is -2.20. The molecule has 0 amide bonds. The summed E-state index contributed by atoms with van der Waals surface area (Å²) in [5, 5.41) is 10.6. The Kier molecular flexibility index (Phi) is 5.99. The van der Waals surface area contributed by atoms with E-state index in [1.807, 2.05) is 54.6 Å². The fourth-order valence-corrected chi connectivity index (χ4v) is 7.55. The van der Waals surface area contributed by atoms with Crippen LogP contribution in [-0.2, 0) is 0 Å². The topological polar surface area (TPSA) is 47.3 Å². The van der Waals surface area contributed by atoms with E-state index in [9.17, 15) is 4.79 Å². The van der Waals surface area contributed by atoms with Gasteiger partial charge in [0, 0.05) is 16.3 Å². The summed E-state index contributed by atoms with van der Waals surface area (Å²) in [5.41, 5.74) is 6.27. The lowest BCUT2D eigenvalue weighted by molar-refractivity contribution is 0.983. The molecule has 4 heteroatoms. The van der Waals surface area contributed by atoms with E-state index >= 15 is 0 Å². The maximum Gasteiger partial charge on any atom is 0.355 e. The molecule has 0 saturated heterocycles. The second-order valence-corrected chi connectivity index (χ2v) is 12.6. The smallest absolute Gasteiger partial charge is 0.245 e. The molecule has 0 spiro atoms. The van der Waals surface area contributed by atoms with E-state index in [4.69, 9.17) is 4.98 Å². The minimum absolute atomic E-state index is 0.342. The molecule has 0 radical (unpaired) electrons. The molecule has 0 aliphatic carbocycles. The molecule has 0 saturated carbocycles. The van der Waals surface area contributed by atoms with Crippen molar-refractivity contribution in [2.45, 2.75) is 0 Å². The number of hydrogen-bond donors (Lipinski definition) is 0. The van der Waals surface area contributed by atoms with Crippen LogP contribution in [0.4, 0.5) is 0 Å². The molecule has 0 bridgehead atoms. The Bertz CT molecular complexity index is 3000. The van der Waals surface area contributed by atoms with Crippen LogP contribution >= 0.6 is 0 Å². The van der Waals surface area contributed by atoms with Gasteiger partial charge >= 0.3 is 5.69 Å². The summed E-state index contributed by atoms with van der Waals surface area (Å²) in [7, 11) is 0. The van der Waals surface area contributed by atoms with Gasteiger partial charge in [-0.25, -0.2) is 14.2 Å². The zero-order valence-corrected chi connectivity index (χ0v) is 26.3. The quantitative estimate of drug-likeness (QED) is 0.184. The van der Waals surface area contributed by atoms with Gasteiger partial charge in [-0.15, -0.1) is 0 Å². The number of benzene rings is 8. The molecule has 0 fully saturated rings. The first-order valence-electron chi connectivity index (χ1n) is 16.5. The monoisotopic (exact) mass is 625 g/mol. The molecule has 0 N–H and O–H groups in total. The van der Waals surface area contributed by atoms with Gasteiger partial charge in [-0.1, -0.05) is 140 Å². The standard InChI is InChI=1S/C45H27N3O/c49-45-47-43(46-44-40-21-6-5-19-37(40)39-20-7-8-22-42(39)48(44)45)32-14-10-13-30(26-32)28-11-9-12-29(25-28)31-23-24-38-35-17-2-1-15-33(35)34-16-3-4-18-36(34)41(38)27-31/h1-27H. The van der Waals surface area contributed by atoms with Crippen molar-refractivity contribution in [3.63, 3.8) is 0 Å². The van der Waals surface area contributed by atoms with Gasteiger partial charge in [-0.3, -0.25) is 0 Å². The number of rotatable bonds is 3. The van der Waals surface area contributed by atoms with Crippen LogP contribution in [0.5, 0.6) is 0 Å². The zero-order valence-electron chi connectivity index (χ0n) is 26.3. The van der Waals surface area contributed by atoms with Crippen molar-refractivity contribution >= 4 is 59.6 Å². The summed E-state index contributed by atoms with van der Waals surface area (Å²) in [6.45, 7) is 0. The van der Waals surface area contributed by atoms with Crippen LogP contribution in [0.1, 0.15) is 0 Å². The summed E-state index contributed by atoms with van der Waals surface area (Å²) in [5.74, 6) is 0.414. The molecule has 8 aromatic carbocycles. The summed E-state index contributed by atoms with van der Waals surface area (Å²) in [4.78, 5) is 23.2. The normalized spacial score (nSPS) is 11.8. The molecule has 0 atom stereocenters. The van der Waals surface area contributed by atoms with Crippen molar-refractivity contribution in [1.82, 2.24) is 14.4 Å². The van der Waals surface area contributed by atoms with Crippen LogP contribution < -0.4 is 5.69 Å². The first-order chi connectivity index (χ1) is 24.2. The first-order valence-corrected chi connectivity index (χ1v) is 16.5. The molecule has 10 rings (SSSR count). The van der Waals surface area contributed by atoms with Crippen LogP contribution in [-0.4, -0.2) is 14.4 Å². The van der Waals surface area contributed by atoms with Crippen LogP contribution in [0.15, 0.2) is 169 Å². The van der Waals surface area contributed by atoms with E-state index in [2.05, 4.69) is 114 Å². The fourth-order valence-electron chi connectivity index (χ4n) is 7.55. The first kappa shape index (κ1) is 27.5. The van der Waals surface area contributed by atoms with Gasteiger partial charge in [-0.2, -0.15) is 4.98 Å². The second kappa shape index (κ2) is 10.7. The highest BCUT2D eigenvalue weighted by atomic mass is 16.1. The summed E-state index contributed by atoms with van der Waals surface area (Å²) in [6, 6.07) is 57.0. The molecular weight excluding hydrogens is 599 g/mol. The average molecular weight is 626 g/mol. The Morgan fingerprint density at radius 1 is 0.347 bits per heavy atom. The van der Waals surface area contributed by atoms with Gasteiger partial charge in [0.1, 0.15) is 0 Å². The highest BCUT2D eigenvalue weighted by Gasteiger charge is 2.15.